The molecule has 2 aromatic rings. The average Bonchev–Trinajstić information content (AvgIpc) is 2.96. The Hall–Kier alpha value is -1.69. The SMILES string of the molecule is O=S1CCC(Nc2cccnc2-n2cccn2)CC1. The highest BCUT2D eigenvalue weighted by molar-refractivity contribution is 7.85. The van der Waals surface area contributed by atoms with Crippen LogP contribution in [0.4, 0.5) is 5.69 Å². The molecule has 0 atom stereocenters. The lowest BCUT2D eigenvalue weighted by Gasteiger charge is -2.24. The topological polar surface area (TPSA) is 59.8 Å². The minimum atomic E-state index is -0.627. The number of nitrogens with zero attached hydrogens (tertiary/aromatic N) is 3. The lowest BCUT2D eigenvalue weighted by Crippen LogP contribution is -2.29. The van der Waals surface area contributed by atoms with E-state index in [1.807, 2.05) is 24.4 Å². The van der Waals surface area contributed by atoms with Gasteiger partial charge in [-0.1, -0.05) is 0 Å². The van der Waals surface area contributed by atoms with Crippen molar-refractivity contribution in [2.24, 2.45) is 0 Å². The lowest BCUT2D eigenvalue weighted by atomic mass is 10.1. The highest BCUT2D eigenvalue weighted by Gasteiger charge is 2.19. The molecule has 0 amide bonds. The fourth-order valence-corrected chi connectivity index (χ4v) is 3.54. The first-order chi connectivity index (χ1) is 9.33. The summed E-state index contributed by atoms with van der Waals surface area (Å²) in [6, 6.07) is 6.17. The Morgan fingerprint density at radius 2 is 2.11 bits per heavy atom. The second-order valence-electron chi connectivity index (χ2n) is 4.59. The first-order valence-electron chi connectivity index (χ1n) is 6.39. The van der Waals surface area contributed by atoms with E-state index in [9.17, 15) is 4.21 Å². The van der Waals surface area contributed by atoms with Gasteiger partial charge in [-0.15, -0.1) is 0 Å². The zero-order valence-corrected chi connectivity index (χ0v) is 11.3. The Kier molecular flexibility index (Phi) is 3.59. The third-order valence-electron chi connectivity index (χ3n) is 3.26. The quantitative estimate of drug-likeness (QED) is 0.925. The second-order valence-corrected chi connectivity index (χ2v) is 6.29. The lowest BCUT2D eigenvalue weighted by molar-refractivity contribution is 0.623. The number of nitrogens with one attached hydrogen (secondary N) is 1. The van der Waals surface area contributed by atoms with Crippen LogP contribution in [-0.4, -0.2) is 36.5 Å². The summed E-state index contributed by atoms with van der Waals surface area (Å²) in [4.78, 5) is 4.38. The Morgan fingerprint density at radius 1 is 1.26 bits per heavy atom. The Labute approximate surface area is 114 Å². The third kappa shape index (κ3) is 2.84. The molecule has 0 aromatic carbocycles. The normalized spacial score (nSPS) is 23.2. The average molecular weight is 276 g/mol. The molecule has 0 bridgehead atoms. The van der Waals surface area contributed by atoms with Crippen molar-refractivity contribution in [1.29, 1.82) is 0 Å². The standard InChI is InChI=1S/C13H16N4OS/c18-19-9-4-11(5-10-19)16-12-3-1-6-14-13(12)17-8-2-7-15-17/h1-3,6-8,11,16H,4-5,9-10H2. The molecule has 1 aliphatic rings. The molecule has 3 rings (SSSR count). The van der Waals surface area contributed by atoms with Gasteiger partial charge < -0.3 is 5.32 Å². The van der Waals surface area contributed by atoms with Crippen LogP contribution in [0.2, 0.25) is 0 Å². The van der Waals surface area contributed by atoms with Crippen molar-refractivity contribution in [2.75, 3.05) is 16.8 Å². The first kappa shape index (κ1) is 12.3. The minimum Gasteiger partial charge on any atom is -0.379 e. The van der Waals surface area contributed by atoms with Crippen LogP contribution in [0.5, 0.6) is 0 Å². The molecule has 0 unspecified atom stereocenters. The number of rotatable bonds is 3. The molecular weight excluding hydrogens is 260 g/mol. The summed E-state index contributed by atoms with van der Waals surface area (Å²) in [5, 5.41) is 7.72. The summed E-state index contributed by atoms with van der Waals surface area (Å²) in [5.41, 5.74) is 0.976. The summed E-state index contributed by atoms with van der Waals surface area (Å²) in [7, 11) is -0.627. The summed E-state index contributed by atoms with van der Waals surface area (Å²) < 4.78 is 13.1. The van der Waals surface area contributed by atoms with Gasteiger partial charge in [-0.05, 0) is 31.0 Å². The fraction of sp³-hybridized carbons (Fsp3) is 0.385. The summed E-state index contributed by atoms with van der Waals surface area (Å²) in [5.74, 6) is 2.38. The van der Waals surface area contributed by atoms with Gasteiger partial charge in [-0.2, -0.15) is 5.10 Å². The van der Waals surface area contributed by atoms with E-state index in [1.54, 1.807) is 17.1 Å². The molecule has 0 saturated carbocycles. The molecule has 3 heterocycles. The van der Waals surface area contributed by atoms with E-state index < -0.39 is 10.8 Å². The summed E-state index contributed by atoms with van der Waals surface area (Å²) in [6.45, 7) is 0. The predicted molar refractivity (Wildman–Crippen MR) is 75.9 cm³/mol. The van der Waals surface area contributed by atoms with Crippen LogP contribution in [0.15, 0.2) is 36.8 Å². The summed E-state index contributed by atoms with van der Waals surface area (Å²) >= 11 is 0. The Bertz CT molecular complexity index is 560. The van der Waals surface area contributed by atoms with Crippen molar-refractivity contribution in [1.82, 2.24) is 14.8 Å². The smallest absolute Gasteiger partial charge is 0.176 e. The predicted octanol–water partition coefficient (Wildman–Crippen LogP) is 1.59. The van der Waals surface area contributed by atoms with Gasteiger partial charge >= 0.3 is 0 Å². The van der Waals surface area contributed by atoms with E-state index in [1.165, 1.54) is 0 Å². The van der Waals surface area contributed by atoms with Gasteiger partial charge in [0.25, 0.3) is 0 Å². The number of pyridine rings is 1. The highest BCUT2D eigenvalue weighted by Crippen LogP contribution is 2.20. The monoisotopic (exact) mass is 276 g/mol. The minimum absolute atomic E-state index is 0.371. The maximum absolute atomic E-state index is 11.4. The van der Waals surface area contributed by atoms with E-state index in [-0.39, 0.29) is 0 Å². The Morgan fingerprint density at radius 3 is 2.84 bits per heavy atom. The van der Waals surface area contributed by atoms with Gasteiger partial charge in [0.1, 0.15) is 0 Å². The second kappa shape index (κ2) is 5.52. The molecule has 0 spiro atoms. The molecule has 1 fully saturated rings. The van der Waals surface area contributed by atoms with Gasteiger partial charge in [-0.25, -0.2) is 9.67 Å². The Balaban J connectivity index is 1.79. The molecule has 6 heteroatoms. The fourth-order valence-electron chi connectivity index (χ4n) is 2.24. The van der Waals surface area contributed by atoms with E-state index in [2.05, 4.69) is 15.4 Å². The van der Waals surface area contributed by atoms with E-state index in [0.717, 1.165) is 35.9 Å². The van der Waals surface area contributed by atoms with Crippen LogP contribution in [0.3, 0.4) is 0 Å². The molecule has 19 heavy (non-hydrogen) atoms. The molecule has 2 aromatic heterocycles. The largest absolute Gasteiger partial charge is 0.379 e. The molecule has 5 nitrogen and oxygen atoms in total. The van der Waals surface area contributed by atoms with Gasteiger partial charge in [-0.3, -0.25) is 4.21 Å². The van der Waals surface area contributed by atoms with Crippen LogP contribution >= 0.6 is 0 Å². The number of hydrogen-bond donors (Lipinski definition) is 1. The maximum atomic E-state index is 11.4. The van der Waals surface area contributed by atoms with Crippen molar-refractivity contribution in [3.8, 4) is 5.82 Å². The number of hydrogen-bond acceptors (Lipinski definition) is 4. The van der Waals surface area contributed by atoms with Crippen molar-refractivity contribution in [3.63, 3.8) is 0 Å². The van der Waals surface area contributed by atoms with Crippen molar-refractivity contribution >= 4 is 16.5 Å². The van der Waals surface area contributed by atoms with E-state index >= 15 is 0 Å². The first-order valence-corrected chi connectivity index (χ1v) is 7.88. The van der Waals surface area contributed by atoms with Crippen LogP contribution in [0.25, 0.3) is 5.82 Å². The number of aromatic nitrogens is 3. The van der Waals surface area contributed by atoms with Crippen LogP contribution in [-0.2, 0) is 10.8 Å². The molecule has 1 saturated heterocycles. The van der Waals surface area contributed by atoms with Crippen molar-refractivity contribution in [2.45, 2.75) is 18.9 Å². The van der Waals surface area contributed by atoms with E-state index in [0.29, 0.717) is 6.04 Å². The zero-order chi connectivity index (χ0) is 13.1. The van der Waals surface area contributed by atoms with Crippen LogP contribution in [0, 0.1) is 0 Å². The van der Waals surface area contributed by atoms with Gasteiger partial charge in [0.15, 0.2) is 5.82 Å². The zero-order valence-electron chi connectivity index (χ0n) is 10.5. The van der Waals surface area contributed by atoms with Crippen molar-refractivity contribution < 1.29 is 4.21 Å². The van der Waals surface area contributed by atoms with E-state index in [4.69, 9.17) is 0 Å². The highest BCUT2D eigenvalue weighted by atomic mass is 32.2. The summed E-state index contributed by atoms with van der Waals surface area (Å²) in [6.07, 6.45) is 7.27. The third-order valence-corrected chi connectivity index (χ3v) is 4.64. The molecule has 100 valence electrons. The van der Waals surface area contributed by atoms with Crippen LogP contribution in [0.1, 0.15) is 12.8 Å². The van der Waals surface area contributed by atoms with Crippen molar-refractivity contribution in [3.05, 3.63) is 36.8 Å². The number of anilines is 1. The van der Waals surface area contributed by atoms with Gasteiger partial charge in [0.2, 0.25) is 0 Å². The molecule has 0 radical (unpaired) electrons. The molecule has 1 aliphatic heterocycles. The molecule has 0 aliphatic carbocycles. The van der Waals surface area contributed by atoms with Gasteiger partial charge in [0, 0.05) is 46.9 Å². The molecule has 1 N–H and O–H groups in total. The van der Waals surface area contributed by atoms with Gasteiger partial charge in [0.05, 0.1) is 5.69 Å². The molecular formula is C13H16N4OS. The maximum Gasteiger partial charge on any atom is 0.176 e. The van der Waals surface area contributed by atoms with Crippen LogP contribution < -0.4 is 5.32 Å².